The molecule has 0 bridgehead atoms. The smallest absolute Gasteiger partial charge is 0.251 e. The van der Waals surface area contributed by atoms with Gasteiger partial charge in [0, 0.05) is 37.1 Å². The minimum atomic E-state index is -0.101. The van der Waals surface area contributed by atoms with Crippen LogP contribution in [0.25, 0.3) is 10.9 Å². The molecule has 5 heteroatoms. The maximum absolute atomic E-state index is 12.9. The largest absolute Gasteiger partial charge is 0.339 e. The first-order valence-corrected chi connectivity index (χ1v) is 10.2. The minimum Gasteiger partial charge on any atom is -0.339 e. The van der Waals surface area contributed by atoms with Crippen molar-refractivity contribution in [1.82, 2.24) is 14.8 Å². The number of nitrogens with one attached hydrogen (secondary N) is 1. The van der Waals surface area contributed by atoms with Crippen LogP contribution in [0.5, 0.6) is 0 Å². The van der Waals surface area contributed by atoms with E-state index in [1.807, 2.05) is 54.3 Å². The normalized spacial score (nSPS) is 17.6. The monoisotopic (exact) mass is 389 g/mol. The number of amides is 1. The predicted molar refractivity (Wildman–Crippen MR) is 116 cm³/mol. The number of fused-ring (bicyclic) bond motifs is 1. The van der Waals surface area contributed by atoms with Gasteiger partial charge in [0.1, 0.15) is 0 Å². The number of H-pyrrole nitrogens is 1. The Kier molecular flexibility index (Phi) is 5.49. The summed E-state index contributed by atoms with van der Waals surface area (Å²) in [4.78, 5) is 32.5. The average Bonchev–Trinajstić information content (AvgIpc) is 2.73. The van der Waals surface area contributed by atoms with Crippen molar-refractivity contribution in [3.63, 3.8) is 0 Å². The maximum atomic E-state index is 12.9. The van der Waals surface area contributed by atoms with Crippen molar-refractivity contribution in [3.05, 3.63) is 81.6 Å². The second-order valence-electron chi connectivity index (χ2n) is 7.96. The lowest BCUT2D eigenvalue weighted by Crippen LogP contribution is -2.49. The first-order chi connectivity index (χ1) is 14.0. The Labute approximate surface area is 171 Å². The van der Waals surface area contributed by atoms with Crippen LogP contribution in [0.4, 0.5) is 0 Å². The van der Waals surface area contributed by atoms with Crippen molar-refractivity contribution >= 4 is 16.8 Å². The van der Waals surface area contributed by atoms with E-state index in [0.29, 0.717) is 24.9 Å². The Morgan fingerprint density at radius 2 is 1.90 bits per heavy atom. The molecule has 4 rings (SSSR count). The summed E-state index contributed by atoms with van der Waals surface area (Å²) >= 11 is 0. The number of rotatable bonds is 4. The molecule has 1 atom stereocenters. The van der Waals surface area contributed by atoms with E-state index in [4.69, 9.17) is 0 Å². The third kappa shape index (κ3) is 4.25. The zero-order valence-electron chi connectivity index (χ0n) is 17.0. The van der Waals surface area contributed by atoms with Crippen LogP contribution < -0.4 is 5.56 Å². The third-order valence-corrected chi connectivity index (χ3v) is 5.87. The van der Waals surface area contributed by atoms with Crippen LogP contribution in [-0.2, 0) is 11.2 Å². The van der Waals surface area contributed by atoms with E-state index in [1.54, 1.807) is 0 Å². The van der Waals surface area contributed by atoms with Crippen molar-refractivity contribution in [2.45, 2.75) is 25.8 Å². The molecular formula is C24H27N3O2. The molecule has 1 aliphatic heterocycles. The van der Waals surface area contributed by atoms with Gasteiger partial charge in [0.15, 0.2) is 0 Å². The van der Waals surface area contributed by atoms with E-state index in [2.05, 4.69) is 29.1 Å². The highest BCUT2D eigenvalue weighted by molar-refractivity contribution is 5.80. The standard InChI is InChI=1S/C24H27N3O2/c1-17-8-9-19-15-20(24(29)25-21(19)14-17)10-11-23(28)27-13-12-26(2)22(16-27)18-6-4-3-5-7-18/h3-9,14-15,22H,10-13,16H2,1-2H3,(H,25,29). The van der Waals surface area contributed by atoms with Gasteiger partial charge in [-0.05, 0) is 49.0 Å². The summed E-state index contributed by atoms with van der Waals surface area (Å²) in [6.07, 6.45) is 0.812. The van der Waals surface area contributed by atoms with E-state index in [0.717, 1.165) is 29.6 Å². The molecule has 1 aromatic heterocycles. The van der Waals surface area contributed by atoms with Crippen LogP contribution in [-0.4, -0.2) is 47.4 Å². The number of aryl methyl sites for hydroxylation is 2. The summed E-state index contributed by atoms with van der Waals surface area (Å²) in [6.45, 7) is 4.27. The fraction of sp³-hybridized carbons (Fsp3) is 0.333. The molecule has 1 fully saturated rings. The second-order valence-corrected chi connectivity index (χ2v) is 7.96. The molecule has 1 N–H and O–H groups in total. The highest BCUT2D eigenvalue weighted by atomic mass is 16.2. The van der Waals surface area contributed by atoms with Crippen molar-refractivity contribution in [3.8, 4) is 0 Å². The zero-order valence-corrected chi connectivity index (χ0v) is 17.0. The van der Waals surface area contributed by atoms with E-state index < -0.39 is 0 Å². The molecule has 1 amide bonds. The number of piperazine rings is 1. The lowest BCUT2D eigenvalue weighted by molar-refractivity contribution is -0.134. The Morgan fingerprint density at radius 1 is 1.10 bits per heavy atom. The van der Waals surface area contributed by atoms with Gasteiger partial charge in [0.25, 0.3) is 5.56 Å². The van der Waals surface area contributed by atoms with Crippen molar-refractivity contribution in [2.24, 2.45) is 0 Å². The van der Waals surface area contributed by atoms with Crippen LogP contribution in [0.2, 0.25) is 0 Å². The Morgan fingerprint density at radius 3 is 2.69 bits per heavy atom. The number of hydrogen-bond donors (Lipinski definition) is 1. The summed E-state index contributed by atoms with van der Waals surface area (Å²) in [6, 6.07) is 18.5. The molecule has 0 spiro atoms. The van der Waals surface area contributed by atoms with Gasteiger partial charge in [-0.1, -0.05) is 42.5 Å². The van der Waals surface area contributed by atoms with Crippen LogP contribution in [0, 0.1) is 6.92 Å². The van der Waals surface area contributed by atoms with Crippen LogP contribution in [0.15, 0.2) is 59.4 Å². The first-order valence-electron chi connectivity index (χ1n) is 10.2. The van der Waals surface area contributed by atoms with Gasteiger partial charge in [-0.25, -0.2) is 0 Å². The number of carbonyl (C=O) groups excluding carboxylic acids is 1. The first kappa shape index (κ1) is 19.4. The molecular weight excluding hydrogens is 362 g/mol. The third-order valence-electron chi connectivity index (χ3n) is 5.87. The number of hydrogen-bond acceptors (Lipinski definition) is 3. The molecule has 5 nitrogen and oxygen atoms in total. The lowest BCUT2D eigenvalue weighted by Gasteiger charge is -2.39. The fourth-order valence-corrected chi connectivity index (χ4v) is 4.08. The second kappa shape index (κ2) is 8.21. The highest BCUT2D eigenvalue weighted by Gasteiger charge is 2.28. The van der Waals surface area contributed by atoms with Crippen molar-refractivity contribution in [1.29, 1.82) is 0 Å². The van der Waals surface area contributed by atoms with Crippen molar-refractivity contribution < 1.29 is 4.79 Å². The molecule has 150 valence electrons. The summed E-state index contributed by atoms with van der Waals surface area (Å²) in [7, 11) is 2.11. The molecule has 3 aromatic rings. The van der Waals surface area contributed by atoms with Crippen LogP contribution in [0.1, 0.15) is 29.2 Å². The quantitative estimate of drug-likeness (QED) is 0.745. The Bertz CT molecular complexity index is 1070. The summed E-state index contributed by atoms with van der Waals surface area (Å²) in [5, 5.41) is 1.00. The van der Waals surface area contributed by atoms with Gasteiger partial charge < -0.3 is 9.88 Å². The van der Waals surface area contributed by atoms with Gasteiger partial charge >= 0.3 is 0 Å². The van der Waals surface area contributed by atoms with Gasteiger partial charge in [-0.15, -0.1) is 0 Å². The summed E-state index contributed by atoms with van der Waals surface area (Å²) < 4.78 is 0. The molecule has 1 saturated heterocycles. The number of nitrogens with zero attached hydrogens (tertiary/aromatic N) is 2. The van der Waals surface area contributed by atoms with Crippen LogP contribution >= 0.6 is 0 Å². The number of aromatic amines is 1. The number of pyridine rings is 1. The molecule has 0 radical (unpaired) electrons. The van der Waals surface area contributed by atoms with Gasteiger partial charge in [0.2, 0.25) is 5.91 Å². The van der Waals surface area contributed by atoms with Crippen molar-refractivity contribution in [2.75, 3.05) is 26.7 Å². The zero-order chi connectivity index (χ0) is 20.4. The maximum Gasteiger partial charge on any atom is 0.251 e. The Balaban J connectivity index is 1.44. The predicted octanol–water partition coefficient (Wildman–Crippen LogP) is 3.28. The van der Waals surface area contributed by atoms with Gasteiger partial charge in [0.05, 0.1) is 6.04 Å². The van der Waals surface area contributed by atoms with E-state index in [9.17, 15) is 9.59 Å². The van der Waals surface area contributed by atoms with E-state index >= 15 is 0 Å². The molecule has 0 aliphatic carbocycles. The molecule has 1 aliphatic rings. The molecule has 29 heavy (non-hydrogen) atoms. The SMILES string of the molecule is Cc1ccc2cc(CCC(=O)N3CCN(C)C(c4ccccc4)C3)c(=O)[nH]c2c1. The topological polar surface area (TPSA) is 56.4 Å². The summed E-state index contributed by atoms with van der Waals surface area (Å²) in [5.74, 6) is 0.113. The molecule has 1 unspecified atom stereocenters. The fourth-order valence-electron chi connectivity index (χ4n) is 4.08. The lowest BCUT2D eigenvalue weighted by atomic mass is 10.0. The Hall–Kier alpha value is -2.92. The average molecular weight is 389 g/mol. The molecule has 2 aromatic carbocycles. The number of aromatic nitrogens is 1. The van der Waals surface area contributed by atoms with Gasteiger partial charge in [-0.2, -0.15) is 0 Å². The van der Waals surface area contributed by atoms with E-state index in [-0.39, 0.29) is 17.5 Å². The number of carbonyl (C=O) groups is 1. The summed E-state index contributed by atoms with van der Waals surface area (Å²) in [5.41, 5.74) is 3.75. The van der Waals surface area contributed by atoms with E-state index in [1.165, 1.54) is 5.56 Å². The highest BCUT2D eigenvalue weighted by Crippen LogP contribution is 2.24. The molecule has 2 heterocycles. The minimum absolute atomic E-state index is 0.101. The van der Waals surface area contributed by atoms with Crippen LogP contribution in [0.3, 0.4) is 0 Å². The number of benzene rings is 2. The molecule has 0 saturated carbocycles. The number of likely N-dealkylation sites (N-methyl/N-ethyl adjacent to an activating group) is 1. The van der Waals surface area contributed by atoms with Gasteiger partial charge in [-0.3, -0.25) is 14.5 Å².